The maximum atomic E-state index is 12.6. The van der Waals surface area contributed by atoms with Crippen LogP contribution >= 0.6 is 0 Å². The number of aryl methyl sites for hydroxylation is 2. The van der Waals surface area contributed by atoms with E-state index in [9.17, 15) is 9.59 Å². The van der Waals surface area contributed by atoms with Crippen LogP contribution in [0.25, 0.3) is 10.8 Å². The normalized spacial score (nSPS) is 10.8. The Labute approximate surface area is 139 Å². The lowest BCUT2D eigenvalue weighted by Gasteiger charge is -2.10. The van der Waals surface area contributed by atoms with Crippen LogP contribution in [0.3, 0.4) is 0 Å². The molecule has 3 rings (SSSR count). The minimum atomic E-state index is -0.568. The molecule has 5 nitrogen and oxygen atoms in total. The van der Waals surface area contributed by atoms with Crippen molar-refractivity contribution in [2.75, 3.05) is 0 Å². The Bertz CT molecular complexity index is 960. The molecule has 0 aliphatic carbocycles. The van der Waals surface area contributed by atoms with E-state index in [1.807, 2.05) is 26.0 Å². The van der Waals surface area contributed by atoms with Gasteiger partial charge in [0.05, 0.1) is 5.39 Å². The van der Waals surface area contributed by atoms with Gasteiger partial charge in [0, 0.05) is 11.9 Å². The van der Waals surface area contributed by atoms with Gasteiger partial charge < -0.3 is 4.74 Å². The highest BCUT2D eigenvalue weighted by molar-refractivity contribution is 6.02. The quantitative estimate of drug-likeness (QED) is 0.546. The summed E-state index contributed by atoms with van der Waals surface area (Å²) >= 11 is 0. The molecule has 0 aliphatic rings. The van der Waals surface area contributed by atoms with E-state index < -0.39 is 5.97 Å². The van der Waals surface area contributed by atoms with E-state index >= 15 is 0 Å². The predicted molar refractivity (Wildman–Crippen MR) is 92.4 cm³/mol. The zero-order valence-electron chi connectivity index (χ0n) is 13.7. The van der Waals surface area contributed by atoms with Crippen molar-refractivity contribution in [1.29, 1.82) is 0 Å². The van der Waals surface area contributed by atoms with Crippen LogP contribution in [0.5, 0.6) is 5.75 Å². The molecule has 122 valence electrons. The first-order chi connectivity index (χ1) is 11.6. The summed E-state index contributed by atoms with van der Waals surface area (Å²) < 4.78 is 6.77. The van der Waals surface area contributed by atoms with Crippen molar-refractivity contribution >= 4 is 16.7 Å². The largest absolute Gasteiger partial charge is 0.422 e. The third-order valence-electron chi connectivity index (χ3n) is 3.70. The zero-order valence-corrected chi connectivity index (χ0v) is 13.7. The Balaban J connectivity index is 2.09. The van der Waals surface area contributed by atoms with Gasteiger partial charge in [-0.15, -0.1) is 0 Å². The van der Waals surface area contributed by atoms with Crippen molar-refractivity contribution in [2.45, 2.75) is 26.8 Å². The van der Waals surface area contributed by atoms with E-state index in [0.29, 0.717) is 23.1 Å². The summed E-state index contributed by atoms with van der Waals surface area (Å²) in [6, 6.07) is 14.2. The van der Waals surface area contributed by atoms with Crippen molar-refractivity contribution in [3.63, 3.8) is 0 Å². The number of carbonyl (C=O) groups is 1. The van der Waals surface area contributed by atoms with E-state index in [0.717, 1.165) is 12.0 Å². The minimum Gasteiger partial charge on any atom is -0.422 e. The molecule has 0 radical (unpaired) electrons. The van der Waals surface area contributed by atoms with Gasteiger partial charge in [0.1, 0.15) is 5.75 Å². The summed E-state index contributed by atoms with van der Waals surface area (Å²) in [7, 11) is 0. The second-order valence-electron chi connectivity index (χ2n) is 5.63. The fourth-order valence-corrected chi connectivity index (χ4v) is 2.58. The number of rotatable bonds is 4. The number of ether oxygens (including phenoxy) is 1. The topological polar surface area (TPSA) is 61.2 Å². The van der Waals surface area contributed by atoms with Crippen LogP contribution in [0.1, 0.15) is 29.4 Å². The van der Waals surface area contributed by atoms with Crippen LogP contribution in [0.15, 0.2) is 53.3 Å². The van der Waals surface area contributed by atoms with Gasteiger partial charge in [0.15, 0.2) is 5.69 Å². The Morgan fingerprint density at radius 3 is 2.58 bits per heavy atom. The summed E-state index contributed by atoms with van der Waals surface area (Å²) in [6.45, 7) is 4.33. The lowest BCUT2D eigenvalue weighted by molar-refractivity contribution is 0.0728. The van der Waals surface area contributed by atoms with E-state index in [1.54, 1.807) is 36.4 Å². The Hall–Kier alpha value is -2.95. The molecular weight excluding hydrogens is 304 g/mol. The van der Waals surface area contributed by atoms with Gasteiger partial charge in [-0.3, -0.25) is 4.79 Å². The number of esters is 1. The van der Waals surface area contributed by atoms with Crippen molar-refractivity contribution in [2.24, 2.45) is 0 Å². The fraction of sp³-hybridized carbons (Fsp3) is 0.211. The molecule has 0 fully saturated rings. The van der Waals surface area contributed by atoms with Gasteiger partial charge in [0.2, 0.25) is 0 Å². The van der Waals surface area contributed by atoms with E-state index in [2.05, 4.69) is 5.10 Å². The number of aromatic nitrogens is 2. The SMILES string of the molecule is CCCn1nc(C(=O)Oc2cccc(C)c2)c2ccccc2c1=O. The molecule has 3 aromatic rings. The third-order valence-corrected chi connectivity index (χ3v) is 3.70. The van der Waals surface area contributed by atoms with Gasteiger partial charge in [-0.1, -0.05) is 37.3 Å². The first kappa shape index (κ1) is 15.9. The second kappa shape index (κ2) is 6.66. The number of hydrogen-bond acceptors (Lipinski definition) is 4. The smallest absolute Gasteiger partial charge is 0.364 e. The minimum absolute atomic E-state index is 0.153. The summed E-state index contributed by atoms with van der Waals surface area (Å²) in [5, 5.41) is 5.21. The van der Waals surface area contributed by atoms with Crippen molar-refractivity contribution in [3.8, 4) is 5.75 Å². The molecule has 0 N–H and O–H groups in total. The van der Waals surface area contributed by atoms with Crippen molar-refractivity contribution < 1.29 is 9.53 Å². The molecule has 1 aromatic heterocycles. The van der Waals surface area contributed by atoms with Crippen LogP contribution < -0.4 is 10.3 Å². The van der Waals surface area contributed by atoms with E-state index in [1.165, 1.54) is 4.68 Å². The summed E-state index contributed by atoms with van der Waals surface area (Å²) in [6.07, 6.45) is 0.748. The summed E-state index contributed by atoms with van der Waals surface area (Å²) in [5.41, 5.74) is 0.953. The number of hydrogen-bond donors (Lipinski definition) is 0. The van der Waals surface area contributed by atoms with Crippen molar-refractivity contribution in [3.05, 3.63) is 70.1 Å². The first-order valence-electron chi connectivity index (χ1n) is 7.89. The molecule has 5 heteroatoms. The standard InChI is InChI=1S/C19H18N2O3/c1-3-11-21-18(22)16-10-5-4-9-15(16)17(20-21)19(23)24-14-8-6-7-13(2)12-14/h4-10,12H,3,11H2,1-2H3. The maximum absolute atomic E-state index is 12.6. The van der Waals surface area contributed by atoms with Crippen LogP contribution in [0.2, 0.25) is 0 Å². The van der Waals surface area contributed by atoms with Crippen LogP contribution in [0, 0.1) is 6.92 Å². The first-order valence-corrected chi connectivity index (χ1v) is 7.89. The summed E-state index contributed by atoms with van der Waals surface area (Å²) in [4.78, 5) is 25.1. The number of fused-ring (bicyclic) bond motifs is 1. The molecule has 0 aliphatic heterocycles. The lowest BCUT2D eigenvalue weighted by atomic mass is 10.1. The fourth-order valence-electron chi connectivity index (χ4n) is 2.58. The molecule has 0 bridgehead atoms. The average molecular weight is 322 g/mol. The van der Waals surface area contributed by atoms with Gasteiger partial charge in [-0.2, -0.15) is 5.10 Å². The molecule has 0 atom stereocenters. The number of benzene rings is 2. The number of nitrogens with zero attached hydrogens (tertiary/aromatic N) is 2. The van der Waals surface area contributed by atoms with Crippen LogP contribution in [-0.4, -0.2) is 15.7 Å². The van der Waals surface area contributed by atoms with Gasteiger partial charge in [-0.25, -0.2) is 9.48 Å². The zero-order chi connectivity index (χ0) is 17.1. The predicted octanol–water partition coefficient (Wildman–Crippen LogP) is 3.33. The molecule has 24 heavy (non-hydrogen) atoms. The Morgan fingerprint density at radius 1 is 1.12 bits per heavy atom. The number of carbonyl (C=O) groups excluding carboxylic acids is 1. The molecule has 0 unspecified atom stereocenters. The second-order valence-corrected chi connectivity index (χ2v) is 5.63. The summed E-state index contributed by atoms with van der Waals surface area (Å²) in [5.74, 6) is -0.110. The highest BCUT2D eigenvalue weighted by atomic mass is 16.5. The average Bonchev–Trinajstić information content (AvgIpc) is 2.57. The molecule has 0 saturated carbocycles. The lowest BCUT2D eigenvalue weighted by Crippen LogP contribution is -2.27. The van der Waals surface area contributed by atoms with E-state index in [-0.39, 0.29) is 11.3 Å². The van der Waals surface area contributed by atoms with Crippen molar-refractivity contribution in [1.82, 2.24) is 9.78 Å². The maximum Gasteiger partial charge on any atom is 0.364 e. The van der Waals surface area contributed by atoms with Gasteiger partial charge in [-0.05, 0) is 37.1 Å². The van der Waals surface area contributed by atoms with Crippen LogP contribution in [0.4, 0.5) is 0 Å². The monoisotopic (exact) mass is 322 g/mol. The van der Waals surface area contributed by atoms with Gasteiger partial charge in [0.25, 0.3) is 5.56 Å². The van der Waals surface area contributed by atoms with E-state index in [4.69, 9.17) is 4.74 Å². The third kappa shape index (κ3) is 3.06. The highest BCUT2D eigenvalue weighted by Crippen LogP contribution is 2.18. The molecular formula is C19H18N2O3. The molecule has 0 saturated heterocycles. The molecule has 0 amide bonds. The Morgan fingerprint density at radius 2 is 1.88 bits per heavy atom. The molecule has 1 heterocycles. The Kier molecular flexibility index (Phi) is 4.42. The molecule has 2 aromatic carbocycles. The highest BCUT2D eigenvalue weighted by Gasteiger charge is 2.18. The molecule has 0 spiro atoms. The van der Waals surface area contributed by atoms with Crippen LogP contribution in [-0.2, 0) is 6.54 Å². The van der Waals surface area contributed by atoms with Gasteiger partial charge >= 0.3 is 5.97 Å².